The van der Waals surface area contributed by atoms with Crippen molar-refractivity contribution >= 4 is 27.4 Å². The van der Waals surface area contributed by atoms with Crippen LogP contribution in [0.5, 0.6) is 5.75 Å². The second-order valence-corrected chi connectivity index (χ2v) is 6.95. The van der Waals surface area contributed by atoms with Gasteiger partial charge in [-0.25, -0.2) is 4.79 Å². The van der Waals surface area contributed by atoms with Crippen LogP contribution >= 0.6 is 11.3 Å². The molecule has 1 unspecified atom stereocenters. The molecule has 0 saturated carbocycles. The molecule has 1 aliphatic rings. The summed E-state index contributed by atoms with van der Waals surface area (Å²) in [6.45, 7) is 2.08. The molecule has 4 rings (SSSR count). The number of rotatable bonds is 2. The Hall–Kier alpha value is -2.33. The summed E-state index contributed by atoms with van der Waals surface area (Å²) in [5.41, 5.74) is 2.93. The third-order valence-corrected chi connectivity index (χ3v) is 5.45. The predicted octanol–water partition coefficient (Wildman–Crippen LogP) is 4.98. The van der Waals surface area contributed by atoms with Crippen molar-refractivity contribution in [2.75, 3.05) is 0 Å². The van der Waals surface area contributed by atoms with E-state index in [1.807, 2.05) is 36.4 Å². The molecule has 0 aliphatic carbocycles. The average molecular weight is 324 g/mol. The summed E-state index contributed by atoms with van der Waals surface area (Å²) < 4.78 is 6.86. The van der Waals surface area contributed by atoms with E-state index in [1.54, 1.807) is 0 Å². The van der Waals surface area contributed by atoms with Crippen molar-refractivity contribution in [3.05, 3.63) is 52.9 Å². The number of aryl methyl sites for hydroxylation is 1. The van der Waals surface area contributed by atoms with Gasteiger partial charge in [-0.2, -0.15) is 0 Å². The van der Waals surface area contributed by atoms with Gasteiger partial charge < -0.3 is 9.84 Å². The highest BCUT2D eigenvalue weighted by Gasteiger charge is 2.21. The minimum Gasteiger partial charge on any atom is -0.490 e. The Kier molecular flexibility index (Phi) is 3.34. The van der Waals surface area contributed by atoms with E-state index < -0.39 is 5.97 Å². The van der Waals surface area contributed by atoms with Crippen LogP contribution in [0.15, 0.2) is 42.5 Å². The molecule has 0 fully saturated rings. The zero-order valence-corrected chi connectivity index (χ0v) is 13.5. The number of thiophene rings is 1. The number of benzene rings is 2. The Labute approximate surface area is 138 Å². The molecule has 0 spiro atoms. The fraction of sp³-hybridized carbons (Fsp3) is 0.211. The van der Waals surface area contributed by atoms with E-state index in [0.29, 0.717) is 4.88 Å². The third-order valence-electron chi connectivity index (χ3n) is 4.29. The van der Waals surface area contributed by atoms with Crippen LogP contribution in [0.2, 0.25) is 0 Å². The maximum absolute atomic E-state index is 11.7. The monoisotopic (exact) mass is 324 g/mol. The van der Waals surface area contributed by atoms with Gasteiger partial charge in [-0.15, -0.1) is 11.3 Å². The molecule has 4 heteroatoms. The van der Waals surface area contributed by atoms with Gasteiger partial charge in [0.25, 0.3) is 0 Å². The van der Waals surface area contributed by atoms with Gasteiger partial charge in [0.2, 0.25) is 0 Å². The van der Waals surface area contributed by atoms with Gasteiger partial charge in [-0.3, -0.25) is 0 Å². The topological polar surface area (TPSA) is 46.5 Å². The molecule has 2 heterocycles. The molecule has 2 aromatic carbocycles. The van der Waals surface area contributed by atoms with E-state index in [0.717, 1.165) is 45.4 Å². The normalized spacial score (nSPS) is 16.8. The standard InChI is InChI=1S/C19H16O3S/c1-11-6-7-12-10-13(8-9-15(12)22-11)17-14-4-2-3-5-16(14)23-18(17)19(20)21/h2-5,8-11H,6-7H2,1H3,(H,20,21). The Bertz CT molecular complexity index is 910. The van der Waals surface area contributed by atoms with Crippen LogP contribution in [-0.2, 0) is 6.42 Å². The number of hydrogen-bond acceptors (Lipinski definition) is 3. The first-order chi connectivity index (χ1) is 11.1. The second kappa shape index (κ2) is 5.39. The zero-order valence-electron chi connectivity index (χ0n) is 12.7. The molecule has 23 heavy (non-hydrogen) atoms. The zero-order chi connectivity index (χ0) is 16.0. The maximum atomic E-state index is 11.7. The number of carboxylic acids is 1. The molecule has 3 aromatic rings. The fourth-order valence-corrected chi connectivity index (χ4v) is 4.23. The lowest BCUT2D eigenvalue weighted by atomic mass is 9.96. The van der Waals surface area contributed by atoms with E-state index >= 15 is 0 Å². The first kappa shape index (κ1) is 14.3. The molecule has 3 nitrogen and oxygen atoms in total. The molecule has 1 aromatic heterocycles. The molecule has 0 radical (unpaired) electrons. The van der Waals surface area contributed by atoms with Crippen LogP contribution in [0.4, 0.5) is 0 Å². The lowest BCUT2D eigenvalue weighted by Crippen LogP contribution is -2.18. The van der Waals surface area contributed by atoms with Crippen LogP contribution in [0.25, 0.3) is 21.2 Å². The summed E-state index contributed by atoms with van der Waals surface area (Å²) in [7, 11) is 0. The van der Waals surface area contributed by atoms with Crippen molar-refractivity contribution in [1.82, 2.24) is 0 Å². The van der Waals surface area contributed by atoms with Gasteiger partial charge in [0.15, 0.2) is 0 Å². The summed E-state index contributed by atoms with van der Waals surface area (Å²) in [6, 6.07) is 13.9. The highest BCUT2D eigenvalue weighted by atomic mass is 32.1. The molecule has 1 atom stereocenters. The number of carboxylic acid groups (broad SMARTS) is 1. The van der Waals surface area contributed by atoms with Gasteiger partial charge in [-0.1, -0.05) is 24.3 Å². The summed E-state index contributed by atoms with van der Waals surface area (Å²) >= 11 is 1.33. The number of hydrogen-bond donors (Lipinski definition) is 1. The van der Waals surface area contributed by atoms with Crippen molar-refractivity contribution in [2.45, 2.75) is 25.9 Å². The summed E-state index contributed by atoms with van der Waals surface area (Å²) in [5, 5.41) is 10.6. The van der Waals surface area contributed by atoms with Gasteiger partial charge in [-0.05, 0) is 49.1 Å². The van der Waals surface area contributed by atoms with Crippen LogP contribution in [0.3, 0.4) is 0 Å². The molecular weight excluding hydrogens is 308 g/mol. The van der Waals surface area contributed by atoms with Gasteiger partial charge >= 0.3 is 5.97 Å². The van der Waals surface area contributed by atoms with Crippen molar-refractivity contribution in [1.29, 1.82) is 0 Å². The highest BCUT2D eigenvalue weighted by Crippen LogP contribution is 2.41. The minimum atomic E-state index is -0.871. The molecule has 1 aliphatic heterocycles. The SMILES string of the molecule is CC1CCc2cc(-c3c(C(=O)O)sc4ccccc34)ccc2O1. The van der Waals surface area contributed by atoms with Crippen LogP contribution in [0, 0.1) is 0 Å². The van der Waals surface area contributed by atoms with Crippen LogP contribution in [0.1, 0.15) is 28.6 Å². The lowest BCUT2D eigenvalue weighted by molar-refractivity contribution is 0.0703. The molecule has 0 saturated heterocycles. The third kappa shape index (κ3) is 2.39. The van der Waals surface area contributed by atoms with Gasteiger partial charge in [0.1, 0.15) is 10.6 Å². The predicted molar refractivity (Wildman–Crippen MR) is 92.6 cm³/mol. The Morgan fingerprint density at radius 1 is 1.26 bits per heavy atom. The Morgan fingerprint density at radius 3 is 2.91 bits per heavy atom. The highest BCUT2D eigenvalue weighted by molar-refractivity contribution is 7.21. The Morgan fingerprint density at radius 2 is 2.09 bits per heavy atom. The quantitative estimate of drug-likeness (QED) is 0.723. The molecular formula is C19H16O3S. The first-order valence-electron chi connectivity index (χ1n) is 7.68. The molecule has 0 amide bonds. The summed E-state index contributed by atoms with van der Waals surface area (Å²) in [5.74, 6) is 0.0488. The number of aromatic carboxylic acids is 1. The van der Waals surface area contributed by atoms with Crippen molar-refractivity contribution in [3.8, 4) is 16.9 Å². The van der Waals surface area contributed by atoms with Crippen LogP contribution in [-0.4, -0.2) is 17.2 Å². The maximum Gasteiger partial charge on any atom is 0.346 e. The van der Waals surface area contributed by atoms with E-state index in [1.165, 1.54) is 11.3 Å². The van der Waals surface area contributed by atoms with E-state index in [2.05, 4.69) is 13.0 Å². The van der Waals surface area contributed by atoms with Gasteiger partial charge in [0, 0.05) is 15.6 Å². The smallest absolute Gasteiger partial charge is 0.346 e. The second-order valence-electron chi connectivity index (χ2n) is 5.90. The van der Waals surface area contributed by atoms with Crippen molar-refractivity contribution in [3.63, 3.8) is 0 Å². The van der Waals surface area contributed by atoms with E-state index in [9.17, 15) is 9.90 Å². The lowest BCUT2D eigenvalue weighted by Gasteiger charge is -2.23. The van der Waals surface area contributed by atoms with E-state index in [4.69, 9.17) is 4.74 Å². The number of carbonyl (C=O) groups is 1. The fourth-order valence-electron chi connectivity index (χ4n) is 3.16. The van der Waals surface area contributed by atoms with Crippen LogP contribution < -0.4 is 4.74 Å². The minimum absolute atomic E-state index is 0.241. The van der Waals surface area contributed by atoms with Gasteiger partial charge in [0.05, 0.1) is 6.10 Å². The molecule has 116 valence electrons. The summed E-state index contributed by atoms with van der Waals surface area (Å²) in [4.78, 5) is 12.1. The number of fused-ring (bicyclic) bond motifs is 2. The summed E-state index contributed by atoms with van der Waals surface area (Å²) in [6.07, 6.45) is 2.20. The molecule has 0 bridgehead atoms. The first-order valence-corrected chi connectivity index (χ1v) is 8.50. The van der Waals surface area contributed by atoms with Crippen molar-refractivity contribution < 1.29 is 14.6 Å². The Balaban J connectivity index is 1.92. The van der Waals surface area contributed by atoms with Crippen molar-refractivity contribution in [2.24, 2.45) is 0 Å². The average Bonchev–Trinajstić information content (AvgIpc) is 2.94. The largest absolute Gasteiger partial charge is 0.490 e. The van der Waals surface area contributed by atoms with E-state index in [-0.39, 0.29) is 6.10 Å². The number of ether oxygens (including phenoxy) is 1. The molecule has 1 N–H and O–H groups in total.